The number of hydrogen-bond donors (Lipinski definition) is 1. The Labute approximate surface area is 184 Å². The third-order valence-corrected chi connectivity index (χ3v) is 4.97. The lowest BCUT2D eigenvalue weighted by Crippen LogP contribution is -2.15. The van der Waals surface area contributed by atoms with Crippen molar-refractivity contribution in [1.82, 2.24) is 4.57 Å². The molecule has 0 aliphatic rings. The number of hydrogen-bond acceptors (Lipinski definition) is 6. The summed E-state index contributed by atoms with van der Waals surface area (Å²) in [5, 5.41) is 15.1. The summed E-state index contributed by atoms with van der Waals surface area (Å²) in [4.78, 5) is 39.4. The fourth-order valence-electron chi connectivity index (χ4n) is 3.55. The second kappa shape index (κ2) is 9.47. The molecule has 32 heavy (non-hydrogen) atoms. The lowest BCUT2D eigenvalue weighted by Gasteiger charge is -2.04. The number of carboxylic acid groups (broad SMARTS) is 1. The molecule has 8 nitrogen and oxygen atoms in total. The van der Waals surface area contributed by atoms with E-state index < -0.39 is 23.5 Å². The summed E-state index contributed by atoms with van der Waals surface area (Å²) in [6, 6.07) is 11.3. The molecule has 0 unspecified atom stereocenters. The van der Waals surface area contributed by atoms with E-state index >= 15 is 0 Å². The Kier molecular flexibility index (Phi) is 6.73. The highest BCUT2D eigenvalue weighted by Gasteiger charge is 2.19. The van der Waals surface area contributed by atoms with Crippen molar-refractivity contribution in [1.29, 1.82) is 0 Å². The molecule has 0 saturated heterocycles. The monoisotopic (exact) mass is 436 g/mol. The van der Waals surface area contributed by atoms with E-state index in [1.165, 1.54) is 13.0 Å². The standard InChI is InChI=1S/C24H24N2O6/c1-5-26-21-9-7-16(12-20(23(28)29)24(30)31-6-2)11-18(21)19-13-17(8-10-22(19)26)14(3)25-32-15(4)27/h7-13H,5-6H2,1-4H3,(H,28,29)/b20-12-,25-14+. The molecular formula is C24H24N2O6. The van der Waals surface area contributed by atoms with Crippen LogP contribution in [0.3, 0.4) is 0 Å². The zero-order chi connectivity index (χ0) is 23.4. The molecule has 0 fully saturated rings. The number of aliphatic carboxylic acids is 1. The molecule has 0 spiro atoms. The van der Waals surface area contributed by atoms with Crippen LogP contribution < -0.4 is 0 Å². The molecule has 0 saturated carbocycles. The molecule has 1 heterocycles. The van der Waals surface area contributed by atoms with Crippen molar-refractivity contribution in [3.05, 3.63) is 53.1 Å². The highest BCUT2D eigenvalue weighted by atomic mass is 16.7. The van der Waals surface area contributed by atoms with Gasteiger partial charge in [0.15, 0.2) is 0 Å². The lowest BCUT2D eigenvalue weighted by atomic mass is 10.0. The lowest BCUT2D eigenvalue weighted by molar-refractivity contribution is -0.144. The van der Waals surface area contributed by atoms with Crippen LogP contribution in [0.25, 0.3) is 27.9 Å². The number of ether oxygens (including phenoxy) is 1. The number of nitrogens with zero attached hydrogens (tertiary/aromatic N) is 2. The van der Waals surface area contributed by atoms with Crippen LogP contribution in [0.4, 0.5) is 0 Å². The minimum Gasteiger partial charge on any atom is -0.477 e. The average molecular weight is 436 g/mol. The van der Waals surface area contributed by atoms with Crippen LogP contribution in [0.1, 0.15) is 38.8 Å². The van der Waals surface area contributed by atoms with E-state index in [2.05, 4.69) is 9.72 Å². The Balaban J connectivity index is 2.19. The quantitative estimate of drug-likeness (QED) is 0.113. The van der Waals surface area contributed by atoms with Crippen molar-refractivity contribution in [2.75, 3.05) is 6.61 Å². The van der Waals surface area contributed by atoms with E-state index in [0.29, 0.717) is 11.3 Å². The van der Waals surface area contributed by atoms with Crippen molar-refractivity contribution in [2.24, 2.45) is 5.16 Å². The van der Waals surface area contributed by atoms with Gasteiger partial charge in [-0.2, -0.15) is 0 Å². The molecule has 8 heteroatoms. The molecule has 0 radical (unpaired) electrons. The SMILES string of the molecule is CCOC(=O)/C(=C\c1ccc2c(c1)c1cc(/C(C)=N/OC(C)=O)ccc1n2CC)C(=O)O. The predicted molar refractivity (Wildman–Crippen MR) is 121 cm³/mol. The molecule has 2 aromatic carbocycles. The molecule has 3 rings (SSSR count). The first-order valence-electron chi connectivity index (χ1n) is 10.2. The number of carboxylic acids is 1. The molecule has 166 valence electrons. The van der Waals surface area contributed by atoms with Crippen molar-refractivity contribution >= 4 is 51.5 Å². The van der Waals surface area contributed by atoms with Crippen LogP contribution in [-0.2, 0) is 30.5 Å². The Bertz CT molecular complexity index is 1280. The maximum Gasteiger partial charge on any atom is 0.345 e. The van der Waals surface area contributed by atoms with E-state index in [1.807, 2.05) is 37.3 Å². The second-order valence-corrected chi connectivity index (χ2v) is 7.10. The van der Waals surface area contributed by atoms with Crippen molar-refractivity contribution in [3.8, 4) is 0 Å². The van der Waals surface area contributed by atoms with Gasteiger partial charge in [-0.25, -0.2) is 14.4 Å². The topological polar surface area (TPSA) is 107 Å². The Morgan fingerprint density at radius 2 is 1.69 bits per heavy atom. The van der Waals surface area contributed by atoms with Gasteiger partial charge in [-0.1, -0.05) is 17.3 Å². The van der Waals surface area contributed by atoms with E-state index in [9.17, 15) is 19.5 Å². The molecule has 1 N–H and O–H groups in total. The predicted octanol–water partition coefficient (Wildman–Crippen LogP) is 4.13. The average Bonchev–Trinajstić information content (AvgIpc) is 3.07. The number of benzene rings is 2. The number of oxime groups is 1. The number of carbonyl (C=O) groups is 3. The van der Waals surface area contributed by atoms with Crippen LogP contribution in [0.15, 0.2) is 47.1 Å². The Morgan fingerprint density at radius 1 is 1.03 bits per heavy atom. The van der Waals surface area contributed by atoms with Gasteiger partial charge in [-0.3, -0.25) is 0 Å². The highest BCUT2D eigenvalue weighted by Crippen LogP contribution is 2.31. The Hall–Kier alpha value is -3.94. The molecule has 0 amide bonds. The first-order chi connectivity index (χ1) is 15.3. The maximum atomic E-state index is 12.0. The highest BCUT2D eigenvalue weighted by molar-refractivity contribution is 6.17. The zero-order valence-corrected chi connectivity index (χ0v) is 18.3. The summed E-state index contributed by atoms with van der Waals surface area (Å²) in [6.45, 7) is 7.51. The molecule has 0 aliphatic heterocycles. The fourth-order valence-corrected chi connectivity index (χ4v) is 3.55. The molecule has 3 aromatic rings. The van der Waals surface area contributed by atoms with Gasteiger partial charge < -0.3 is 19.2 Å². The Morgan fingerprint density at radius 3 is 2.28 bits per heavy atom. The molecule has 0 bridgehead atoms. The summed E-state index contributed by atoms with van der Waals surface area (Å²) in [5.74, 6) is -2.73. The number of aryl methyl sites for hydroxylation is 1. The van der Waals surface area contributed by atoms with Crippen LogP contribution in [0, 0.1) is 0 Å². The van der Waals surface area contributed by atoms with E-state index in [1.54, 1.807) is 19.9 Å². The van der Waals surface area contributed by atoms with Crippen LogP contribution in [0.5, 0.6) is 0 Å². The normalized spacial score (nSPS) is 12.2. The van der Waals surface area contributed by atoms with E-state index in [-0.39, 0.29) is 6.61 Å². The molecule has 0 aliphatic carbocycles. The zero-order valence-electron chi connectivity index (χ0n) is 18.3. The number of rotatable bonds is 7. The number of fused-ring (bicyclic) bond motifs is 3. The van der Waals surface area contributed by atoms with Gasteiger partial charge in [-0.05, 0) is 62.2 Å². The molecule has 1 aromatic heterocycles. The van der Waals surface area contributed by atoms with Crippen LogP contribution in [0.2, 0.25) is 0 Å². The van der Waals surface area contributed by atoms with Gasteiger partial charge in [0.25, 0.3) is 0 Å². The maximum absolute atomic E-state index is 12.0. The van der Waals surface area contributed by atoms with Crippen molar-refractivity contribution in [3.63, 3.8) is 0 Å². The first kappa shape index (κ1) is 22.7. The minimum atomic E-state index is -1.35. The minimum absolute atomic E-state index is 0.0868. The number of carbonyl (C=O) groups excluding carboxylic acids is 2. The molecular weight excluding hydrogens is 412 g/mol. The summed E-state index contributed by atoms with van der Waals surface area (Å²) < 4.78 is 7.00. The van der Waals surface area contributed by atoms with Crippen LogP contribution >= 0.6 is 0 Å². The fraction of sp³-hybridized carbons (Fsp3) is 0.250. The van der Waals surface area contributed by atoms with E-state index in [4.69, 9.17) is 9.57 Å². The van der Waals surface area contributed by atoms with Gasteiger partial charge in [0.05, 0.1) is 12.3 Å². The summed E-state index contributed by atoms with van der Waals surface area (Å²) in [6.07, 6.45) is 1.31. The van der Waals surface area contributed by atoms with Crippen LogP contribution in [-0.4, -0.2) is 39.9 Å². The van der Waals surface area contributed by atoms with Gasteiger partial charge in [0.1, 0.15) is 5.57 Å². The molecule has 0 atom stereocenters. The van der Waals surface area contributed by atoms with Crippen molar-refractivity contribution < 1.29 is 29.1 Å². The third-order valence-electron chi connectivity index (χ3n) is 4.97. The second-order valence-electron chi connectivity index (χ2n) is 7.10. The van der Waals surface area contributed by atoms with Crippen molar-refractivity contribution in [2.45, 2.75) is 34.2 Å². The van der Waals surface area contributed by atoms with Gasteiger partial charge in [-0.15, -0.1) is 0 Å². The number of aromatic nitrogens is 1. The summed E-state index contributed by atoms with van der Waals surface area (Å²) in [7, 11) is 0. The van der Waals surface area contributed by atoms with Gasteiger partial charge in [0, 0.05) is 35.3 Å². The smallest absolute Gasteiger partial charge is 0.345 e. The van der Waals surface area contributed by atoms with Gasteiger partial charge in [0.2, 0.25) is 0 Å². The third kappa shape index (κ3) is 4.54. The summed E-state index contributed by atoms with van der Waals surface area (Å²) in [5.41, 5.74) is 3.43. The first-order valence-corrected chi connectivity index (χ1v) is 10.2. The number of esters is 1. The van der Waals surface area contributed by atoms with E-state index in [0.717, 1.165) is 33.9 Å². The largest absolute Gasteiger partial charge is 0.477 e. The van der Waals surface area contributed by atoms with Gasteiger partial charge >= 0.3 is 17.9 Å². The summed E-state index contributed by atoms with van der Waals surface area (Å²) >= 11 is 0.